The van der Waals surface area contributed by atoms with Crippen molar-refractivity contribution >= 4 is 21.4 Å². The van der Waals surface area contributed by atoms with Crippen LogP contribution in [0.25, 0.3) is 0 Å². The molecule has 0 atom stereocenters. The fourth-order valence-electron chi connectivity index (χ4n) is 1.62. The molecule has 0 bridgehead atoms. The van der Waals surface area contributed by atoms with Crippen LogP contribution in [0.2, 0.25) is 0 Å². The van der Waals surface area contributed by atoms with Gasteiger partial charge in [-0.3, -0.25) is 14.9 Å². The highest BCUT2D eigenvalue weighted by atomic mass is 32.2. The summed E-state index contributed by atoms with van der Waals surface area (Å²) >= 11 is 0. The number of hydrogen-bond donors (Lipinski definition) is 1. The van der Waals surface area contributed by atoms with E-state index in [4.69, 9.17) is 0 Å². The Kier molecular flexibility index (Phi) is 2.58. The van der Waals surface area contributed by atoms with Gasteiger partial charge in [-0.15, -0.1) is 0 Å². The molecule has 0 saturated carbocycles. The lowest BCUT2D eigenvalue weighted by Crippen LogP contribution is -2.25. The average molecular weight is 256 g/mol. The van der Waals surface area contributed by atoms with E-state index in [0.717, 1.165) is 6.07 Å². The molecule has 0 aliphatic carbocycles. The Hall–Kier alpha value is -1.96. The van der Waals surface area contributed by atoms with E-state index in [9.17, 15) is 23.3 Å². The third-order valence-corrected chi connectivity index (χ3v) is 4.10. The van der Waals surface area contributed by atoms with Crippen molar-refractivity contribution in [2.45, 2.75) is 11.4 Å². The topological polar surface area (TPSA) is 106 Å². The molecule has 1 aliphatic rings. The second kappa shape index (κ2) is 3.81. The van der Waals surface area contributed by atoms with Crippen molar-refractivity contribution in [3.8, 4) is 0 Å². The van der Waals surface area contributed by atoms with Gasteiger partial charge in [0.25, 0.3) is 5.69 Å². The molecule has 2 rings (SSSR count). The van der Waals surface area contributed by atoms with Crippen LogP contribution >= 0.6 is 0 Å². The Balaban J connectivity index is 2.61. The van der Waals surface area contributed by atoms with E-state index in [2.05, 4.69) is 5.32 Å². The average Bonchev–Trinajstić information content (AvgIpc) is 2.35. The first kappa shape index (κ1) is 11.5. The molecular formula is C9H8N2O5S. The number of nitrogens with one attached hydrogen (secondary N) is 1. The van der Waals surface area contributed by atoms with Crippen LogP contribution in [0.3, 0.4) is 0 Å². The van der Waals surface area contributed by atoms with Crippen LogP contribution in [0.4, 0.5) is 5.69 Å². The molecule has 1 heterocycles. The van der Waals surface area contributed by atoms with E-state index in [1.165, 1.54) is 12.1 Å². The summed E-state index contributed by atoms with van der Waals surface area (Å²) in [6.07, 6.45) is 0. The Morgan fingerprint density at radius 3 is 2.71 bits per heavy atom. The van der Waals surface area contributed by atoms with Crippen molar-refractivity contribution in [3.63, 3.8) is 0 Å². The Bertz CT molecular complexity index is 608. The zero-order chi connectivity index (χ0) is 12.6. The van der Waals surface area contributed by atoms with Crippen LogP contribution in [-0.2, 0) is 21.2 Å². The number of nitrogens with zero attached hydrogens (tertiary/aromatic N) is 1. The highest BCUT2D eigenvalue weighted by molar-refractivity contribution is 7.92. The van der Waals surface area contributed by atoms with Gasteiger partial charge in [-0.2, -0.15) is 0 Å². The summed E-state index contributed by atoms with van der Waals surface area (Å²) in [5.74, 6) is -1.23. The van der Waals surface area contributed by atoms with Gasteiger partial charge >= 0.3 is 0 Å². The van der Waals surface area contributed by atoms with Crippen LogP contribution < -0.4 is 5.32 Å². The molecule has 1 aromatic carbocycles. The Morgan fingerprint density at radius 1 is 1.35 bits per heavy atom. The first-order valence-electron chi connectivity index (χ1n) is 4.67. The summed E-state index contributed by atoms with van der Waals surface area (Å²) in [6.45, 7) is -0.0188. The van der Waals surface area contributed by atoms with E-state index in [1.807, 2.05) is 0 Å². The summed E-state index contributed by atoms with van der Waals surface area (Å²) < 4.78 is 23.5. The number of carbonyl (C=O) groups excluding carboxylic acids is 1. The largest absolute Gasteiger partial charge is 0.351 e. The highest BCUT2D eigenvalue weighted by Crippen LogP contribution is 2.24. The van der Waals surface area contributed by atoms with Crippen molar-refractivity contribution < 1.29 is 18.1 Å². The maximum atomic E-state index is 11.8. The summed E-state index contributed by atoms with van der Waals surface area (Å²) in [6, 6.07) is 3.45. The first-order valence-corrected chi connectivity index (χ1v) is 6.32. The van der Waals surface area contributed by atoms with Crippen LogP contribution in [0.15, 0.2) is 23.1 Å². The molecule has 1 aliphatic heterocycles. The lowest BCUT2D eigenvalue weighted by atomic mass is 10.2. The second-order valence-electron chi connectivity index (χ2n) is 3.58. The fraction of sp³-hybridized carbons (Fsp3) is 0.222. The third kappa shape index (κ3) is 2.11. The van der Waals surface area contributed by atoms with Gasteiger partial charge in [0.1, 0.15) is 5.75 Å². The fourth-order valence-corrected chi connectivity index (χ4v) is 3.02. The smallest absolute Gasteiger partial charge is 0.269 e. The molecule has 0 aromatic heterocycles. The van der Waals surface area contributed by atoms with Crippen molar-refractivity contribution in [1.29, 1.82) is 0 Å². The van der Waals surface area contributed by atoms with Gasteiger partial charge in [0.15, 0.2) is 9.84 Å². The van der Waals surface area contributed by atoms with Crippen molar-refractivity contribution in [2.24, 2.45) is 0 Å². The van der Waals surface area contributed by atoms with E-state index in [-0.39, 0.29) is 22.7 Å². The molecular weight excluding hydrogens is 248 g/mol. The molecule has 17 heavy (non-hydrogen) atoms. The minimum absolute atomic E-state index is 0.0188. The maximum Gasteiger partial charge on any atom is 0.269 e. The van der Waals surface area contributed by atoms with Gasteiger partial charge < -0.3 is 5.32 Å². The number of hydrogen-bond acceptors (Lipinski definition) is 5. The van der Waals surface area contributed by atoms with Crippen LogP contribution in [-0.4, -0.2) is 25.0 Å². The number of benzene rings is 1. The van der Waals surface area contributed by atoms with Crippen molar-refractivity contribution in [3.05, 3.63) is 33.9 Å². The zero-order valence-corrected chi connectivity index (χ0v) is 9.36. The summed E-state index contributed by atoms with van der Waals surface area (Å²) in [5, 5.41) is 12.9. The van der Waals surface area contributed by atoms with Gasteiger partial charge in [0, 0.05) is 18.7 Å². The molecule has 0 spiro atoms. The normalized spacial score (nSPS) is 17.8. The molecule has 0 unspecified atom stereocenters. The molecule has 7 nitrogen and oxygen atoms in total. The van der Waals surface area contributed by atoms with Gasteiger partial charge in [0.2, 0.25) is 5.91 Å². The SMILES string of the molecule is O=C1CS(=O)(=O)c2ccc([N+](=O)[O-])cc2CN1. The van der Waals surface area contributed by atoms with E-state index < -0.39 is 26.4 Å². The number of non-ortho nitro benzene ring substituents is 1. The third-order valence-electron chi connectivity index (χ3n) is 2.39. The Labute approximate surface area is 96.5 Å². The number of fused-ring (bicyclic) bond motifs is 1. The summed E-state index contributed by atoms with van der Waals surface area (Å²) in [5.41, 5.74) is 0.0418. The minimum atomic E-state index is -3.70. The predicted molar refractivity (Wildman–Crippen MR) is 57.0 cm³/mol. The summed E-state index contributed by atoms with van der Waals surface area (Å²) in [7, 11) is -3.70. The number of amides is 1. The van der Waals surface area contributed by atoms with E-state index in [0.29, 0.717) is 0 Å². The van der Waals surface area contributed by atoms with Crippen LogP contribution in [0, 0.1) is 10.1 Å². The van der Waals surface area contributed by atoms with Crippen molar-refractivity contribution in [1.82, 2.24) is 5.32 Å². The molecule has 0 radical (unpaired) electrons. The summed E-state index contributed by atoms with van der Waals surface area (Å²) in [4.78, 5) is 21.1. The molecule has 8 heteroatoms. The minimum Gasteiger partial charge on any atom is -0.351 e. The molecule has 0 fully saturated rings. The van der Waals surface area contributed by atoms with E-state index >= 15 is 0 Å². The lowest BCUT2D eigenvalue weighted by molar-refractivity contribution is -0.385. The van der Waals surface area contributed by atoms with E-state index in [1.54, 1.807) is 0 Å². The van der Waals surface area contributed by atoms with Gasteiger partial charge in [-0.05, 0) is 11.6 Å². The zero-order valence-electron chi connectivity index (χ0n) is 8.54. The number of nitro groups is 1. The van der Waals surface area contributed by atoms with Crippen LogP contribution in [0.5, 0.6) is 0 Å². The van der Waals surface area contributed by atoms with Gasteiger partial charge in [0.05, 0.1) is 9.82 Å². The molecule has 1 N–H and O–H groups in total. The predicted octanol–water partition coefficient (Wildman–Crippen LogP) is -0.00170. The Morgan fingerprint density at radius 2 is 2.06 bits per heavy atom. The molecule has 1 amide bonds. The maximum absolute atomic E-state index is 11.8. The van der Waals surface area contributed by atoms with Gasteiger partial charge in [-0.1, -0.05) is 0 Å². The quantitative estimate of drug-likeness (QED) is 0.562. The first-order chi connectivity index (χ1) is 7.90. The monoisotopic (exact) mass is 256 g/mol. The van der Waals surface area contributed by atoms with Crippen molar-refractivity contribution in [2.75, 3.05) is 5.75 Å². The standard InChI is InChI=1S/C9H8N2O5S/c12-9-5-17(15,16)8-2-1-7(11(13)14)3-6(8)4-10-9/h1-3H,4-5H2,(H,10,12). The highest BCUT2D eigenvalue weighted by Gasteiger charge is 2.27. The van der Waals surface area contributed by atoms with Gasteiger partial charge in [-0.25, -0.2) is 8.42 Å². The second-order valence-corrected chi connectivity index (χ2v) is 5.54. The number of nitro benzene ring substituents is 1. The number of carbonyl (C=O) groups is 1. The molecule has 1 aromatic rings. The molecule has 0 saturated heterocycles. The van der Waals surface area contributed by atoms with Crippen LogP contribution in [0.1, 0.15) is 5.56 Å². The number of sulfone groups is 1. The number of rotatable bonds is 1. The molecule has 90 valence electrons. The lowest BCUT2D eigenvalue weighted by Gasteiger charge is -2.04.